The molecule has 1 aliphatic carbocycles. The van der Waals surface area contributed by atoms with E-state index in [-0.39, 0.29) is 17.0 Å². The third-order valence-corrected chi connectivity index (χ3v) is 5.94. The van der Waals surface area contributed by atoms with Gasteiger partial charge in [-0.15, -0.1) is 0 Å². The number of nitro benzene ring substituents is 1. The zero-order valence-electron chi connectivity index (χ0n) is 19.5. The van der Waals surface area contributed by atoms with Gasteiger partial charge in [-0.2, -0.15) is 5.26 Å². The van der Waals surface area contributed by atoms with Crippen molar-refractivity contribution in [2.75, 3.05) is 6.61 Å². The molecule has 0 radical (unpaired) electrons. The Hall–Kier alpha value is -4.84. The summed E-state index contributed by atoms with van der Waals surface area (Å²) < 4.78 is 5.35. The largest absolute Gasteiger partial charge is 0.454 e. The van der Waals surface area contributed by atoms with Crippen LogP contribution in [0.2, 0.25) is 0 Å². The predicted molar refractivity (Wildman–Crippen MR) is 133 cm³/mol. The third kappa shape index (κ3) is 4.83. The first kappa shape index (κ1) is 24.3. The van der Waals surface area contributed by atoms with E-state index in [1.165, 1.54) is 19.1 Å². The number of aromatic nitrogens is 1. The summed E-state index contributed by atoms with van der Waals surface area (Å²) >= 11 is 0. The van der Waals surface area contributed by atoms with Gasteiger partial charge in [0.15, 0.2) is 6.61 Å². The molecule has 1 aromatic heterocycles. The molecule has 0 amide bonds. The summed E-state index contributed by atoms with van der Waals surface area (Å²) in [6, 6.07) is 15.1. The number of para-hydroxylation sites is 1. The fourth-order valence-electron chi connectivity index (χ4n) is 4.25. The Kier molecular flexibility index (Phi) is 6.88. The number of nitrogens with two attached hydrogens (primary N) is 1. The van der Waals surface area contributed by atoms with Crippen LogP contribution in [0.25, 0.3) is 22.6 Å². The topological polar surface area (TPSA) is 149 Å². The number of nitriles is 1. The molecule has 180 valence electrons. The number of pyridine rings is 1. The average Bonchev–Trinajstić information content (AvgIpc) is 2.86. The zero-order valence-corrected chi connectivity index (χ0v) is 19.5. The van der Waals surface area contributed by atoms with Crippen molar-refractivity contribution in [2.24, 2.45) is 5.73 Å². The second-order valence-corrected chi connectivity index (χ2v) is 8.37. The van der Waals surface area contributed by atoms with Gasteiger partial charge in [-0.1, -0.05) is 18.2 Å². The van der Waals surface area contributed by atoms with Crippen LogP contribution in [-0.2, 0) is 16.0 Å². The van der Waals surface area contributed by atoms with Crippen LogP contribution < -0.4 is 5.73 Å². The summed E-state index contributed by atoms with van der Waals surface area (Å²) in [5.41, 5.74) is 9.40. The van der Waals surface area contributed by atoms with Gasteiger partial charge in [-0.25, -0.2) is 9.78 Å². The highest BCUT2D eigenvalue weighted by molar-refractivity contribution is 6.08. The van der Waals surface area contributed by atoms with Crippen molar-refractivity contribution in [3.05, 3.63) is 92.3 Å². The molecule has 1 heterocycles. The van der Waals surface area contributed by atoms with E-state index in [4.69, 9.17) is 20.7 Å². The monoisotopic (exact) mass is 482 g/mol. The van der Waals surface area contributed by atoms with Crippen molar-refractivity contribution in [1.29, 1.82) is 5.26 Å². The van der Waals surface area contributed by atoms with Crippen LogP contribution in [0.5, 0.6) is 0 Å². The SMILES string of the molecule is C/C(N)=C(/C#N)C(=O)COC(=O)c1c2c(nc3ccccc13)/C(=C/c1ccc([N+](=O)[O-])cc1)CCC2. The third-order valence-electron chi connectivity index (χ3n) is 5.94. The lowest BCUT2D eigenvalue weighted by Gasteiger charge is -2.22. The molecular formula is C27H22N4O5. The Labute approximate surface area is 206 Å². The van der Waals surface area contributed by atoms with Crippen molar-refractivity contribution in [2.45, 2.75) is 26.2 Å². The van der Waals surface area contributed by atoms with Crippen LogP contribution in [0.3, 0.4) is 0 Å². The minimum Gasteiger partial charge on any atom is -0.454 e. The number of hydrogen-bond acceptors (Lipinski definition) is 8. The highest BCUT2D eigenvalue weighted by Crippen LogP contribution is 2.36. The van der Waals surface area contributed by atoms with E-state index >= 15 is 0 Å². The van der Waals surface area contributed by atoms with Crippen molar-refractivity contribution >= 4 is 40.0 Å². The average molecular weight is 482 g/mol. The number of carbonyl (C=O) groups excluding carboxylic acids is 2. The fraction of sp³-hybridized carbons (Fsp3) is 0.185. The number of Topliss-reactive ketones (excluding diaryl/α,β-unsaturated/α-hetero) is 1. The number of hydrogen-bond donors (Lipinski definition) is 1. The van der Waals surface area contributed by atoms with E-state index in [1.807, 2.05) is 12.1 Å². The normalized spacial score (nSPS) is 14.5. The van der Waals surface area contributed by atoms with Crippen molar-refractivity contribution in [3.63, 3.8) is 0 Å². The molecule has 3 aromatic rings. The van der Waals surface area contributed by atoms with Gasteiger partial charge in [-0.3, -0.25) is 14.9 Å². The molecule has 0 spiro atoms. The standard InChI is InChI=1S/C27H22N4O5/c1-16(29)22(14-28)24(32)15-36-27(33)25-20-6-2-3-8-23(20)30-26-18(5-4-7-21(25)26)13-17-9-11-19(12-10-17)31(34)35/h2-3,6,8-13H,4-5,7,15,29H2,1H3/b18-13+,22-16+. The number of ether oxygens (including phenoxy) is 1. The second-order valence-electron chi connectivity index (χ2n) is 8.37. The summed E-state index contributed by atoms with van der Waals surface area (Å²) in [6.45, 7) is 0.830. The van der Waals surface area contributed by atoms with E-state index < -0.39 is 23.3 Å². The first-order chi connectivity index (χ1) is 17.3. The molecule has 0 saturated heterocycles. The molecule has 0 unspecified atom stereocenters. The number of benzene rings is 2. The molecule has 9 heteroatoms. The zero-order chi connectivity index (χ0) is 25.8. The van der Waals surface area contributed by atoms with Gasteiger partial charge < -0.3 is 10.5 Å². The number of rotatable bonds is 6. The Morgan fingerprint density at radius 2 is 1.92 bits per heavy atom. The van der Waals surface area contributed by atoms with Crippen LogP contribution in [0.1, 0.15) is 46.9 Å². The summed E-state index contributed by atoms with van der Waals surface area (Å²) in [5, 5.41) is 20.7. The van der Waals surface area contributed by atoms with Gasteiger partial charge in [-0.05, 0) is 67.2 Å². The van der Waals surface area contributed by atoms with E-state index in [9.17, 15) is 19.7 Å². The van der Waals surface area contributed by atoms with Crippen molar-refractivity contribution in [3.8, 4) is 6.07 Å². The van der Waals surface area contributed by atoms with E-state index in [0.29, 0.717) is 35.0 Å². The lowest BCUT2D eigenvalue weighted by Crippen LogP contribution is -2.20. The Balaban J connectivity index is 1.75. The molecule has 4 rings (SSSR count). The molecule has 0 saturated carbocycles. The van der Waals surface area contributed by atoms with Crippen LogP contribution in [0, 0.1) is 21.4 Å². The number of allylic oxidation sites excluding steroid dienone is 2. The quantitative estimate of drug-likeness (QED) is 0.177. The summed E-state index contributed by atoms with van der Waals surface area (Å²) in [4.78, 5) is 40.9. The number of nitrogens with zero attached hydrogens (tertiary/aromatic N) is 3. The molecule has 0 aliphatic heterocycles. The van der Waals surface area contributed by atoms with Gasteiger partial charge in [0, 0.05) is 23.2 Å². The summed E-state index contributed by atoms with van der Waals surface area (Å²) in [5.74, 6) is -1.35. The first-order valence-electron chi connectivity index (χ1n) is 11.2. The van der Waals surface area contributed by atoms with E-state index in [0.717, 1.165) is 23.1 Å². The van der Waals surface area contributed by atoms with Crippen molar-refractivity contribution < 1.29 is 19.2 Å². The highest BCUT2D eigenvalue weighted by atomic mass is 16.6. The molecular weight excluding hydrogens is 460 g/mol. The molecule has 2 aromatic carbocycles. The number of non-ortho nitro benzene ring substituents is 1. The molecule has 2 N–H and O–H groups in total. The minimum absolute atomic E-state index is 0.00382. The Morgan fingerprint density at radius 3 is 2.58 bits per heavy atom. The molecule has 9 nitrogen and oxygen atoms in total. The second kappa shape index (κ2) is 10.2. The number of fused-ring (bicyclic) bond motifs is 2. The maximum absolute atomic E-state index is 13.3. The van der Waals surface area contributed by atoms with Gasteiger partial charge >= 0.3 is 5.97 Å². The summed E-state index contributed by atoms with van der Waals surface area (Å²) in [6.07, 6.45) is 3.98. The molecule has 0 atom stereocenters. The maximum Gasteiger partial charge on any atom is 0.339 e. The number of esters is 1. The maximum atomic E-state index is 13.3. The Morgan fingerprint density at radius 1 is 1.19 bits per heavy atom. The predicted octanol–water partition coefficient (Wildman–Crippen LogP) is 4.50. The highest BCUT2D eigenvalue weighted by Gasteiger charge is 2.27. The minimum atomic E-state index is -0.679. The van der Waals surface area contributed by atoms with Crippen LogP contribution in [0.15, 0.2) is 59.8 Å². The van der Waals surface area contributed by atoms with Gasteiger partial charge in [0.2, 0.25) is 5.78 Å². The number of carbonyl (C=O) groups is 2. The fourth-order valence-corrected chi connectivity index (χ4v) is 4.25. The lowest BCUT2D eigenvalue weighted by atomic mass is 9.86. The number of ketones is 1. The lowest BCUT2D eigenvalue weighted by molar-refractivity contribution is -0.384. The molecule has 1 aliphatic rings. The first-order valence-corrected chi connectivity index (χ1v) is 11.2. The summed E-state index contributed by atoms with van der Waals surface area (Å²) in [7, 11) is 0. The molecule has 0 bridgehead atoms. The van der Waals surface area contributed by atoms with E-state index in [1.54, 1.807) is 36.4 Å². The Bertz CT molecular complexity index is 1490. The van der Waals surface area contributed by atoms with Crippen molar-refractivity contribution in [1.82, 2.24) is 4.98 Å². The van der Waals surface area contributed by atoms with Crippen LogP contribution in [0.4, 0.5) is 5.69 Å². The molecule has 0 fully saturated rings. The van der Waals surface area contributed by atoms with Crippen LogP contribution in [-0.4, -0.2) is 28.3 Å². The van der Waals surface area contributed by atoms with Gasteiger partial charge in [0.25, 0.3) is 5.69 Å². The van der Waals surface area contributed by atoms with Gasteiger partial charge in [0.1, 0.15) is 11.6 Å². The van der Waals surface area contributed by atoms with Crippen LogP contribution >= 0.6 is 0 Å². The van der Waals surface area contributed by atoms with Gasteiger partial charge in [0.05, 0.1) is 21.7 Å². The number of nitro groups is 1. The van der Waals surface area contributed by atoms with E-state index in [2.05, 4.69) is 0 Å². The smallest absolute Gasteiger partial charge is 0.339 e. The molecule has 36 heavy (non-hydrogen) atoms.